The number of carbonyl (C=O) groups is 1. The third-order valence-corrected chi connectivity index (χ3v) is 2.62. The van der Waals surface area contributed by atoms with Gasteiger partial charge in [-0.25, -0.2) is 9.78 Å². The predicted octanol–water partition coefficient (Wildman–Crippen LogP) is 1.37. The van der Waals surface area contributed by atoms with Gasteiger partial charge in [-0.05, 0) is 12.1 Å². The van der Waals surface area contributed by atoms with Crippen molar-refractivity contribution < 1.29 is 19.0 Å². The van der Waals surface area contributed by atoms with Crippen LogP contribution in [0.4, 0.5) is 0 Å². The highest BCUT2D eigenvalue weighted by Gasteiger charge is 2.24. The molecule has 1 aromatic rings. The molecule has 1 atom stereocenters. The first-order chi connectivity index (χ1) is 8.65. The molecule has 0 amide bonds. The van der Waals surface area contributed by atoms with Crippen LogP contribution in [-0.4, -0.2) is 37.6 Å². The van der Waals surface area contributed by atoms with E-state index < -0.39 is 5.97 Å². The zero-order valence-corrected chi connectivity index (χ0v) is 10.5. The van der Waals surface area contributed by atoms with Gasteiger partial charge in [-0.1, -0.05) is 0 Å². The van der Waals surface area contributed by atoms with Crippen LogP contribution in [0, 0.1) is 0 Å². The molecular weight excluding hydrogens is 236 g/mol. The summed E-state index contributed by atoms with van der Waals surface area (Å²) < 4.78 is 15.3. The molecule has 1 unspecified atom stereocenters. The zero-order valence-electron chi connectivity index (χ0n) is 10.5. The van der Waals surface area contributed by atoms with Crippen molar-refractivity contribution in [2.45, 2.75) is 13.0 Å². The lowest BCUT2D eigenvalue weighted by Crippen LogP contribution is -2.10. The van der Waals surface area contributed by atoms with Gasteiger partial charge in [0.2, 0.25) is 5.88 Å². The number of pyridine rings is 1. The van der Waals surface area contributed by atoms with Crippen LogP contribution in [0.15, 0.2) is 17.1 Å². The van der Waals surface area contributed by atoms with Crippen LogP contribution in [0.25, 0.3) is 0 Å². The molecule has 0 aromatic carbocycles. The van der Waals surface area contributed by atoms with Gasteiger partial charge in [-0.15, -0.1) is 0 Å². The van der Waals surface area contributed by atoms with Crippen molar-refractivity contribution in [3.8, 4) is 5.88 Å². The molecule has 18 heavy (non-hydrogen) atoms. The van der Waals surface area contributed by atoms with Gasteiger partial charge in [-0.2, -0.15) is 0 Å². The molecule has 6 nitrogen and oxygen atoms in total. The number of methoxy groups -OCH3 is 2. The van der Waals surface area contributed by atoms with Gasteiger partial charge in [0.1, 0.15) is 6.10 Å². The van der Waals surface area contributed by atoms with Crippen LogP contribution < -0.4 is 4.74 Å². The Labute approximate surface area is 105 Å². The molecule has 2 heterocycles. The molecular formula is C12H14N2O4. The van der Waals surface area contributed by atoms with E-state index in [1.165, 1.54) is 14.2 Å². The quantitative estimate of drug-likeness (QED) is 0.758. The van der Waals surface area contributed by atoms with Gasteiger partial charge in [-0.3, -0.25) is 4.99 Å². The van der Waals surface area contributed by atoms with E-state index in [4.69, 9.17) is 9.47 Å². The third kappa shape index (κ3) is 2.27. The second-order valence-electron chi connectivity index (χ2n) is 3.75. The van der Waals surface area contributed by atoms with Crippen molar-refractivity contribution in [1.29, 1.82) is 0 Å². The Morgan fingerprint density at radius 1 is 1.44 bits per heavy atom. The minimum Gasteiger partial charge on any atom is -0.481 e. The summed E-state index contributed by atoms with van der Waals surface area (Å²) in [5, 5.41) is 0. The molecule has 6 heteroatoms. The summed E-state index contributed by atoms with van der Waals surface area (Å²) in [5.74, 6) is 0.492. The standard InChI is InChI=1S/C12H14N2O4/c1-7-13-6-10(18-7)8-4-5-9(12(15)17-3)14-11(8)16-2/h4-5,10H,6H2,1-3H3. The van der Waals surface area contributed by atoms with Gasteiger partial charge >= 0.3 is 5.97 Å². The maximum absolute atomic E-state index is 11.4. The average molecular weight is 250 g/mol. The smallest absolute Gasteiger partial charge is 0.356 e. The molecule has 0 saturated heterocycles. The van der Waals surface area contributed by atoms with Crippen molar-refractivity contribution in [3.63, 3.8) is 0 Å². The first kappa shape index (κ1) is 12.3. The van der Waals surface area contributed by atoms with Crippen LogP contribution in [0.5, 0.6) is 5.88 Å². The molecule has 0 spiro atoms. The molecule has 2 rings (SSSR count). The Bertz CT molecular complexity index is 499. The Kier molecular flexibility index (Phi) is 3.45. The van der Waals surface area contributed by atoms with Crippen molar-refractivity contribution in [3.05, 3.63) is 23.4 Å². The SMILES string of the molecule is COC(=O)c1ccc(C2CN=C(C)O2)c(OC)n1. The van der Waals surface area contributed by atoms with Gasteiger partial charge < -0.3 is 14.2 Å². The molecule has 0 aliphatic carbocycles. The third-order valence-electron chi connectivity index (χ3n) is 2.62. The average Bonchev–Trinajstić information content (AvgIpc) is 2.83. The van der Waals surface area contributed by atoms with E-state index in [2.05, 4.69) is 14.7 Å². The van der Waals surface area contributed by atoms with E-state index in [1.807, 2.05) is 0 Å². The zero-order chi connectivity index (χ0) is 13.1. The minimum absolute atomic E-state index is 0.203. The lowest BCUT2D eigenvalue weighted by Gasteiger charge is -2.14. The van der Waals surface area contributed by atoms with Crippen LogP contribution in [-0.2, 0) is 9.47 Å². The Hall–Kier alpha value is -2.11. The summed E-state index contributed by atoms with van der Waals surface area (Å²) in [5.41, 5.74) is 0.972. The lowest BCUT2D eigenvalue weighted by atomic mass is 10.1. The van der Waals surface area contributed by atoms with Crippen molar-refractivity contribution in [1.82, 2.24) is 4.98 Å². The largest absolute Gasteiger partial charge is 0.481 e. The molecule has 0 N–H and O–H groups in total. The topological polar surface area (TPSA) is 70.0 Å². The number of ether oxygens (including phenoxy) is 3. The number of aliphatic imine (C=N–C) groups is 1. The van der Waals surface area contributed by atoms with Crippen molar-refractivity contribution in [2.24, 2.45) is 4.99 Å². The Balaban J connectivity index is 2.29. The lowest BCUT2D eigenvalue weighted by molar-refractivity contribution is 0.0592. The van der Waals surface area contributed by atoms with Crippen LogP contribution in [0.3, 0.4) is 0 Å². The molecule has 0 bridgehead atoms. The predicted molar refractivity (Wildman–Crippen MR) is 63.9 cm³/mol. The van der Waals surface area contributed by atoms with E-state index in [0.717, 1.165) is 5.56 Å². The second-order valence-corrected chi connectivity index (χ2v) is 3.75. The number of hydrogen-bond acceptors (Lipinski definition) is 6. The van der Waals surface area contributed by atoms with Crippen LogP contribution >= 0.6 is 0 Å². The van der Waals surface area contributed by atoms with Gasteiger partial charge in [0.25, 0.3) is 0 Å². The van der Waals surface area contributed by atoms with Gasteiger partial charge in [0, 0.05) is 6.92 Å². The summed E-state index contributed by atoms with van der Waals surface area (Å²) >= 11 is 0. The molecule has 1 aliphatic rings. The molecule has 1 aromatic heterocycles. The fourth-order valence-electron chi connectivity index (χ4n) is 1.73. The molecule has 1 aliphatic heterocycles. The van der Waals surface area contributed by atoms with Crippen molar-refractivity contribution in [2.75, 3.05) is 20.8 Å². The molecule has 0 saturated carbocycles. The number of hydrogen-bond donors (Lipinski definition) is 0. The van der Waals surface area contributed by atoms with E-state index >= 15 is 0 Å². The number of rotatable bonds is 3. The number of nitrogens with zero attached hydrogens (tertiary/aromatic N) is 2. The molecule has 96 valence electrons. The fraction of sp³-hybridized carbons (Fsp3) is 0.417. The highest BCUT2D eigenvalue weighted by atomic mass is 16.5. The Morgan fingerprint density at radius 3 is 2.78 bits per heavy atom. The Morgan fingerprint density at radius 2 is 2.22 bits per heavy atom. The van der Waals surface area contributed by atoms with Crippen molar-refractivity contribution >= 4 is 11.9 Å². The number of aromatic nitrogens is 1. The number of esters is 1. The summed E-state index contributed by atoms with van der Waals surface area (Å²) in [6.07, 6.45) is -0.209. The van der Waals surface area contributed by atoms with Crippen LogP contribution in [0.2, 0.25) is 0 Å². The maximum atomic E-state index is 11.4. The fourth-order valence-corrected chi connectivity index (χ4v) is 1.73. The summed E-state index contributed by atoms with van der Waals surface area (Å²) in [6, 6.07) is 3.33. The van der Waals surface area contributed by atoms with Gasteiger partial charge in [0.05, 0.1) is 26.3 Å². The van der Waals surface area contributed by atoms with E-state index in [1.54, 1.807) is 19.1 Å². The summed E-state index contributed by atoms with van der Waals surface area (Å²) in [4.78, 5) is 19.6. The first-order valence-electron chi connectivity index (χ1n) is 5.46. The molecule has 0 radical (unpaired) electrons. The van der Waals surface area contributed by atoms with Crippen LogP contribution in [0.1, 0.15) is 29.1 Å². The molecule has 0 fully saturated rings. The number of carbonyl (C=O) groups excluding carboxylic acids is 1. The van der Waals surface area contributed by atoms with E-state index in [9.17, 15) is 4.79 Å². The summed E-state index contributed by atoms with van der Waals surface area (Å²) in [7, 11) is 2.80. The van der Waals surface area contributed by atoms with Gasteiger partial charge in [0.15, 0.2) is 11.6 Å². The first-order valence-corrected chi connectivity index (χ1v) is 5.46. The monoisotopic (exact) mass is 250 g/mol. The van der Waals surface area contributed by atoms with E-state index in [-0.39, 0.29) is 11.8 Å². The van der Waals surface area contributed by atoms with E-state index in [0.29, 0.717) is 18.3 Å². The normalized spacial score (nSPS) is 17.9. The summed E-state index contributed by atoms with van der Waals surface area (Å²) in [6.45, 7) is 2.32. The highest BCUT2D eigenvalue weighted by molar-refractivity contribution is 5.87. The minimum atomic E-state index is -0.500. The second kappa shape index (κ2) is 5.03. The highest BCUT2D eigenvalue weighted by Crippen LogP contribution is 2.29. The maximum Gasteiger partial charge on any atom is 0.356 e.